The fourth-order valence-electron chi connectivity index (χ4n) is 3.38. The van der Waals surface area contributed by atoms with Gasteiger partial charge in [0.1, 0.15) is 16.7 Å². The second-order valence-corrected chi connectivity index (χ2v) is 9.27. The van der Waals surface area contributed by atoms with Crippen molar-refractivity contribution in [1.29, 1.82) is 0 Å². The fourth-order valence-corrected chi connectivity index (χ4v) is 4.95. The predicted molar refractivity (Wildman–Crippen MR) is 133 cm³/mol. The number of benzene rings is 3. The van der Waals surface area contributed by atoms with Crippen LogP contribution in [0.1, 0.15) is 0 Å². The van der Waals surface area contributed by atoms with Gasteiger partial charge in [-0.3, -0.25) is 0 Å². The Morgan fingerprint density at radius 2 is 0.935 bits per heavy atom. The Bertz CT molecular complexity index is 1390. The Hall–Kier alpha value is -2.63. The number of nitrogens with two attached hydrogens (primary N) is 1. The van der Waals surface area contributed by atoms with E-state index in [0.29, 0.717) is 26.6 Å². The molecule has 0 aliphatic heterocycles. The maximum atomic E-state index is 6.36. The highest BCUT2D eigenvalue weighted by molar-refractivity contribution is 7.20. The van der Waals surface area contributed by atoms with E-state index in [9.17, 15) is 0 Å². The number of nitrogen functional groups attached to an aromatic ring is 1. The van der Waals surface area contributed by atoms with E-state index in [2.05, 4.69) is 0 Å². The van der Waals surface area contributed by atoms with Gasteiger partial charge in [0.15, 0.2) is 5.82 Å². The van der Waals surface area contributed by atoms with Crippen LogP contribution in [-0.2, 0) is 0 Å². The molecule has 152 valence electrons. The molecule has 0 radical (unpaired) electrons. The zero-order valence-corrected chi connectivity index (χ0v) is 19.0. The van der Waals surface area contributed by atoms with Gasteiger partial charge in [0.25, 0.3) is 0 Å². The highest BCUT2D eigenvalue weighted by atomic mass is 35.5. The maximum absolute atomic E-state index is 6.36. The molecule has 0 saturated heterocycles. The molecule has 3 nitrogen and oxygen atoms in total. The maximum Gasteiger partial charge on any atom is 0.150 e. The average molecular weight is 483 g/mol. The topological polar surface area (TPSA) is 51.8 Å². The molecule has 31 heavy (non-hydrogen) atoms. The fraction of sp³-hybridized carbons (Fsp3) is 0. The molecule has 3 aromatic carbocycles. The summed E-state index contributed by atoms with van der Waals surface area (Å²) in [6.45, 7) is 0. The Balaban J connectivity index is 1.79. The van der Waals surface area contributed by atoms with Crippen LogP contribution >= 0.6 is 46.1 Å². The molecule has 2 N–H and O–H groups in total. The Morgan fingerprint density at radius 1 is 0.548 bits per heavy atom. The van der Waals surface area contributed by atoms with E-state index in [-0.39, 0.29) is 0 Å². The number of fused-ring (bicyclic) bond motifs is 1. The van der Waals surface area contributed by atoms with Crippen LogP contribution < -0.4 is 5.73 Å². The number of hydrogen-bond acceptors (Lipinski definition) is 4. The van der Waals surface area contributed by atoms with Gasteiger partial charge in [0.2, 0.25) is 0 Å². The lowest BCUT2D eigenvalue weighted by Crippen LogP contribution is -1.98. The lowest BCUT2D eigenvalue weighted by atomic mass is 10.1. The first-order valence-electron chi connectivity index (χ1n) is 9.37. The lowest BCUT2D eigenvalue weighted by Gasteiger charge is -2.07. The van der Waals surface area contributed by atoms with Crippen LogP contribution in [0.2, 0.25) is 15.1 Å². The molecule has 2 aromatic heterocycles. The minimum absolute atomic E-state index is 0.366. The van der Waals surface area contributed by atoms with E-state index in [1.165, 1.54) is 0 Å². The third kappa shape index (κ3) is 3.88. The quantitative estimate of drug-likeness (QED) is 0.282. The zero-order chi connectivity index (χ0) is 21.5. The normalized spacial score (nSPS) is 11.2. The summed E-state index contributed by atoms with van der Waals surface area (Å²) in [7, 11) is 0. The highest BCUT2D eigenvalue weighted by Crippen LogP contribution is 2.44. The van der Waals surface area contributed by atoms with Crippen LogP contribution in [0.3, 0.4) is 0 Å². The molecule has 0 saturated carbocycles. The van der Waals surface area contributed by atoms with Gasteiger partial charge in [-0.2, -0.15) is 0 Å². The number of nitrogens with zero attached hydrogens (tertiary/aromatic N) is 2. The first kappa shape index (κ1) is 20.3. The molecule has 0 aliphatic carbocycles. The number of aromatic nitrogens is 2. The summed E-state index contributed by atoms with van der Waals surface area (Å²) in [5.41, 5.74) is 11.4. The van der Waals surface area contributed by atoms with Crippen molar-refractivity contribution in [2.75, 3.05) is 5.73 Å². The van der Waals surface area contributed by atoms with E-state index < -0.39 is 0 Å². The molecule has 2 heterocycles. The molecule has 0 atom stereocenters. The second kappa shape index (κ2) is 8.13. The van der Waals surface area contributed by atoms with Crippen LogP contribution in [0.15, 0.2) is 72.8 Å². The standard InChI is InChI=1S/C24H14Cl3N3S/c25-16-7-1-13(2-8-16)19-24(28)30-21-20(29-19)22(14-3-9-17(26)10-4-14)31-23(21)15-5-11-18(27)12-6-15/h1-12H,(H2,28,30). The smallest absolute Gasteiger partial charge is 0.150 e. The van der Waals surface area contributed by atoms with Gasteiger partial charge in [0, 0.05) is 20.6 Å². The van der Waals surface area contributed by atoms with Gasteiger partial charge in [-0.15, -0.1) is 11.3 Å². The number of rotatable bonds is 3. The molecule has 0 unspecified atom stereocenters. The van der Waals surface area contributed by atoms with E-state index in [0.717, 1.165) is 37.5 Å². The number of hydrogen-bond donors (Lipinski definition) is 1. The Kier molecular flexibility index (Phi) is 5.32. The van der Waals surface area contributed by atoms with Gasteiger partial charge >= 0.3 is 0 Å². The van der Waals surface area contributed by atoms with Gasteiger partial charge in [0.05, 0.1) is 9.75 Å². The van der Waals surface area contributed by atoms with Crippen molar-refractivity contribution < 1.29 is 0 Å². The van der Waals surface area contributed by atoms with Crippen molar-refractivity contribution in [1.82, 2.24) is 9.97 Å². The van der Waals surface area contributed by atoms with E-state index in [1.54, 1.807) is 11.3 Å². The van der Waals surface area contributed by atoms with Crippen molar-refractivity contribution in [3.63, 3.8) is 0 Å². The van der Waals surface area contributed by atoms with Gasteiger partial charge < -0.3 is 5.73 Å². The van der Waals surface area contributed by atoms with E-state index in [4.69, 9.17) is 50.5 Å². The van der Waals surface area contributed by atoms with Crippen molar-refractivity contribution >= 4 is 63.0 Å². The minimum atomic E-state index is 0.366. The van der Waals surface area contributed by atoms with Crippen molar-refractivity contribution in [3.8, 4) is 32.1 Å². The second-order valence-electron chi connectivity index (χ2n) is 6.94. The molecular weight excluding hydrogens is 469 g/mol. The van der Waals surface area contributed by atoms with Crippen molar-refractivity contribution in [2.24, 2.45) is 0 Å². The predicted octanol–water partition coefficient (Wildman–Crippen LogP) is 8.23. The van der Waals surface area contributed by atoms with Crippen LogP contribution in [0.5, 0.6) is 0 Å². The van der Waals surface area contributed by atoms with E-state index in [1.807, 2.05) is 72.8 Å². The van der Waals surface area contributed by atoms with Crippen LogP contribution in [0.25, 0.3) is 43.2 Å². The summed E-state index contributed by atoms with van der Waals surface area (Å²) in [5.74, 6) is 0.366. The summed E-state index contributed by atoms with van der Waals surface area (Å²) in [6, 6.07) is 22.8. The van der Waals surface area contributed by atoms with Crippen molar-refractivity contribution in [2.45, 2.75) is 0 Å². The zero-order valence-electron chi connectivity index (χ0n) is 15.9. The summed E-state index contributed by atoms with van der Waals surface area (Å²) in [5, 5.41) is 2.01. The lowest BCUT2D eigenvalue weighted by molar-refractivity contribution is 1.31. The summed E-state index contributed by atoms with van der Waals surface area (Å²) >= 11 is 19.9. The van der Waals surface area contributed by atoms with Gasteiger partial charge in [-0.1, -0.05) is 71.2 Å². The van der Waals surface area contributed by atoms with Gasteiger partial charge in [-0.25, -0.2) is 9.97 Å². The molecule has 5 aromatic rings. The summed E-state index contributed by atoms with van der Waals surface area (Å²) in [6.07, 6.45) is 0. The highest BCUT2D eigenvalue weighted by Gasteiger charge is 2.20. The largest absolute Gasteiger partial charge is 0.382 e. The molecule has 0 amide bonds. The SMILES string of the molecule is Nc1nc2c(-c3ccc(Cl)cc3)sc(-c3ccc(Cl)cc3)c2nc1-c1ccc(Cl)cc1. The van der Waals surface area contributed by atoms with Crippen LogP contribution in [-0.4, -0.2) is 9.97 Å². The van der Waals surface area contributed by atoms with Crippen molar-refractivity contribution in [3.05, 3.63) is 87.9 Å². The number of halogens is 3. The molecule has 0 fully saturated rings. The molecule has 0 spiro atoms. The number of thiophene rings is 1. The van der Waals surface area contributed by atoms with E-state index >= 15 is 0 Å². The minimum Gasteiger partial charge on any atom is -0.382 e. The molecule has 0 bridgehead atoms. The van der Waals surface area contributed by atoms with Crippen LogP contribution in [0, 0.1) is 0 Å². The van der Waals surface area contributed by atoms with Gasteiger partial charge in [-0.05, 0) is 47.5 Å². The number of anilines is 1. The van der Waals surface area contributed by atoms with Crippen LogP contribution in [0.4, 0.5) is 5.82 Å². The Labute approximate surface area is 198 Å². The monoisotopic (exact) mass is 481 g/mol. The molecular formula is C24H14Cl3N3S. The molecule has 5 rings (SSSR count). The third-order valence-electron chi connectivity index (χ3n) is 4.89. The Morgan fingerprint density at radius 3 is 1.39 bits per heavy atom. The average Bonchev–Trinajstić information content (AvgIpc) is 3.13. The third-order valence-corrected chi connectivity index (χ3v) is 6.91. The molecule has 0 aliphatic rings. The summed E-state index contributed by atoms with van der Waals surface area (Å²) < 4.78 is 0. The molecule has 7 heteroatoms. The first-order chi connectivity index (χ1) is 15.0. The first-order valence-corrected chi connectivity index (χ1v) is 11.3. The summed E-state index contributed by atoms with van der Waals surface area (Å²) in [4.78, 5) is 11.7.